The zero-order valence-corrected chi connectivity index (χ0v) is 15.2. The van der Waals surface area contributed by atoms with Crippen LogP contribution in [0.1, 0.15) is 31.6 Å². The molecule has 2 atom stereocenters. The number of hydrogen-bond donors (Lipinski definition) is 1. The fourth-order valence-corrected chi connectivity index (χ4v) is 4.44. The van der Waals surface area contributed by atoms with Gasteiger partial charge in [0.1, 0.15) is 11.6 Å². The number of halogens is 2. The lowest BCUT2D eigenvalue weighted by Crippen LogP contribution is -2.37. The second-order valence-electron chi connectivity index (χ2n) is 7.57. The first kappa shape index (κ1) is 18.6. The topological polar surface area (TPSA) is 83.6 Å². The van der Waals surface area contributed by atoms with Crippen LogP contribution < -0.4 is 0 Å². The molecule has 2 heterocycles. The minimum absolute atomic E-state index is 0.0174. The highest BCUT2D eigenvalue weighted by Gasteiger charge is 2.55. The maximum Gasteiger partial charge on any atom is 0.311 e. The maximum atomic E-state index is 13.8. The van der Waals surface area contributed by atoms with Crippen molar-refractivity contribution in [2.45, 2.75) is 32.1 Å². The molecular formula is C20H20F2N2O4. The standard InChI is InChI=1S/C20H20F2N2O4/c21-13-3-4-14(15(22)8-13)16-9-23-17(28-16)5-6-18(25)24-10-12-2-1-7-20(12,11-24)19(26)27/h3-4,8-9,12H,1-2,5-7,10-11H2,(H,26,27)/t12-,20+/m0/s1. The first-order chi connectivity index (χ1) is 13.4. The van der Waals surface area contributed by atoms with Crippen LogP contribution in [-0.4, -0.2) is 40.0 Å². The van der Waals surface area contributed by atoms with Crippen molar-refractivity contribution in [3.05, 3.63) is 41.9 Å². The third-order valence-electron chi connectivity index (χ3n) is 5.95. The molecule has 2 aliphatic rings. The van der Waals surface area contributed by atoms with Gasteiger partial charge in [-0.15, -0.1) is 0 Å². The van der Waals surface area contributed by atoms with Crippen molar-refractivity contribution >= 4 is 11.9 Å². The Kier molecular flexibility index (Phi) is 4.64. The summed E-state index contributed by atoms with van der Waals surface area (Å²) in [5, 5.41) is 9.62. The molecule has 1 aliphatic heterocycles. The second-order valence-corrected chi connectivity index (χ2v) is 7.57. The minimum Gasteiger partial charge on any atom is -0.481 e. The SMILES string of the molecule is O=C(CCc1ncc(-c2ccc(F)cc2F)o1)N1C[C@@H]2CCC[C@@]2(C(=O)O)C1. The van der Waals surface area contributed by atoms with E-state index in [1.54, 1.807) is 4.90 Å². The van der Waals surface area contributed by atoms with Crippen LogP contribution >= 0.6 is 0 Å². The number of rotatable bonds is 5. The van der Waals surface area contributed by atoms with Crippen LogP contribution in [-0.2, 0) is 16.0 Å². The number of aryl methyl sites for hydroxylation is 1. The molecule has 0 unspecified atom stereocenters. The first-order valence-electron chi connectivity index (χ1n) is 9.30. The number of amides is 1. The average molecular weight is 390 g/mol. The van der Waals surface area contributed by atoms with Crippen LogP contribution in [0.5, 0.6) is 0 Å². The number of carbonyl (C=O) groups excluding carboxylic acids is 1. The van der Waals surface area contributed by atoms with Gasteiger partial charge < -0.3 is 14.4 Å². The lowest BCUT2D eigenvalue weighted by atomic mass is 9.81. The van der Waals surface area contributed by atoms with Gasteiger partial charge in [0.15, 0.2) is 11.7 Å². The number of nitrogens with zero attached hydrogens (tertiary/aromatic N) is 2. The molecule has 148 valence electrons. The van der Waals surface area contributed by atoms with Gasteiger partial charge in [-0.05, 0) is 30.9 Å². The normalized spacial score (nSPS) is 23.8. The molecule has 1 aliphatic carbocycles. The molecule has 8 heteroatoms. The Hall–Kier alpha value is -2.77. The molecule has 1 aromatic heterocycles. The molecule has 28 heavy (non-hydrogen) atoms. The molecule has 0 radical (unpaired) electrons. The van der Waals surface area contributed by atoms with E-state index >= 15 is 0 Å². The highest BCUT2D eigenvalue weighted by Crippen LogP contribution is 2.49. The predicted molar refractivity (Wildman–Crippen MR) is 94.2 cm³/mol. The number of carboxylic acid groups (broad SMARTS) is 1. The molecule has 0 spiro atoms. The summed E-state index contributed by atoms with van der Waals surface area (Å²) in [6.07, 6.45) is 4.04. The minimum atomic E-state index is -0.816. The summed E-state index contributed by atoms with van der Waals surface area (Å²) in [7, 11) is 0. The van der Waals surface area contributed by atoms with E-state index in [1.807, 2.05) is 0 Å². The number of aromatic nitrogens is 1. The highest BCUT2D eigenvalue weighted by atomic mass is 19.1. The van der Waals surface area contributed by atoms with Crippen molar-refractivity contribution in [2.24, 2.45) is 11.3 Å². The summed E-state index contributed by atoms with van der Waals surface area (Å²) in [5.41, 5.74) is -0.700. The van der Waals surface area contributed by atoms with Gasteiger partial charge in [-0.25, -0.2) is 13.8 Å². The van der Waals surface area contributed by atoms with E-state index in [9.17, 15) is 23.5 Å². The summed E-state index contributed by atoms with van der Waals surface area (Å²) in [5.74, 6) is -1.92. The molecule has 2 fully saturated rings. The van der Waals surface area contributed by atoms with E-state index in [1.165, 1.54) is 12.3 Å². The molecule has 1 amide bonds. The van der Waals surface area contributed by atoms with E-state index < -0.39 is 23.0 Å². The molecule has 6 nitrogen and oxygen atoms in total. The number of fused-ring (bicyclic) bond motifs is 1. The Bertz CT molecular complexity index is 929. The van der Waals surface area contributed by atoms with Crippen molar-refractivity contribution < 1.29 is 27.9 Å². The monoisotopic (exact) mass is 390 g/mol. The van der Waals surface area contributed by atoms with Gasteiger partial charge in [-0.3, -0.25) is 9.59 Å². The number of likely N-dealkylation sites (tertiary alicyclic amines) is 1. The van der Waals surface area contributed by atoms with Gasteiger partial charge in [-0.1, -0.05) is 6.42 Å². The number of oxazole rings is 1. The van der Waals surface area contributed by atoms with Crippen LogP contribution in [0, 0.1) is 23.0 Å². The third-order valence-corrected chi connectivity index (χ3v) is 5.95. The van der Waals surface area contributed by atoms with Crippen molar-refractivity contribution in [1.82, 2.24) is 9.88 Å². The zero-order chi connectivity index (χ0) is 19.9. The largest absolute Gasteiger partial charge is 0.481 e. The molecule has 0 bridgehead atoms. The third kappa shape index (κ3) is 3.16. The molecule has 1 saturated carbocycles. The molecule has 2 aromatic rings. The number of carboxylic acids is 1. The molecule has 1 N–H and O–H groups in total. The zero-order valence-electron chi connectivity index (χ0n) is 15.2. The van der Waals surface area contributed by atoms with Crippen LogP contribution in [0.4, 0.5) is 8.78 Å². The molecule has 1 saturated heterocycles. The van der Waals surface area contributed by atoms with Crippen LogP contribution in [0.2, 0.25) is 0 Å². The Morgan fingerprint density at radius 1 is 1.36 bits per heavy atom. The first-order valence-corrected chi connectivity index (χ1v) is 9.30. The van der Waals surface area contributed by atoms with Gasteiger partial charge in [0.25, 0.3) is 0 Å². The smallest absolute Gasteiger partial charge is 0.311 e. The van der Waals surface area contributed by atoms with Gasteiger partial charge in [0, 0.05) is 32.0 Å². The fourth-order valence-electron chi connectivity index (χ4n) is 4.44. The Balaban J connectivity index is 1.38. The second kappa shape index (κ2) is 7.00. The molecular weight excluding hydrogens is 370 g/mol. The Morgan fingerprint density at radius 3 is 2.89 bits per heavy atom. The van der Waals surface area contributed by atoms with Crippen LogP contribution in [0.3, 0.4) is 0 Å². The number of benzene rings is 1. The lowest BCUT2D eigenvalue weighted by Gasteiger charge is -2.23. The summed E-state index contributed by atoms with van der Waals surface area (Å²) in [4.78, 5) is 30.0. The number of hydrogen-bond acceptors (Lipinski definition) is 4. The van der Waals surface area contributed by atoms with E-state index in [0.29, 0.717) is 13.0 Å². The predicted octanol–water partition coefficient (Wildman–Crippen LogP) is 3.27. The Morgan fingerprint density at radius 2 is 2.18 bits per heavy atom. The fraction of sp³-hybridized carbons (Fsp3) is 0.450. The summed E-state index contributed by atoms with van der Waals surface area (Å²) in [6.45, 7) is 0.728. The summed E-state index contributed by atoms with van der Waals surface area (Å²) < 4.78 is 32.4. The van der Waals surface area contributed by atoms with Crippen molar-refractivity contribution in [3.8, 4) is 11.3 Å². The average Bonchev–Trinajstić information content (AvgIpc) is 3.33. The van der Waals surface area contributed by atoms with Gasteiger partial charge in [0.2, 0.25) is 5.91 Å². The highest BCUT2D eigenvalue weighted by molar-refractivity contribution is 5.81. The quantitative estimate of drug-likeness (QED) is 0.847. The Labute approximate surface area is 160 Å². The summed E-state index contributed by atoms with van der Waals surface area (Å²) in [6, 6.07) is 3.17. The van der Waals surface area contributed by atoms with E-state index in [0.717, 1.165) is 25.0 Å². The molecule has 4 rings (SSSR count). The van der Waals surface area contributed by atoms with E-state index in [-0.39, 0.29) is 48.4 Å². The van der Waals surface area contributed by atoms with Crippen LogP contribution in [0.25, 0.3) is 11.3 Å². The maximum absolute atomic E-state index is 13.8. The van der Waals surface area contributed by atoms with Gasteiger partial charge in [0.05, 0.1) is 17.2 Å². The lowest BCUT2D eigenvalue weighted by molar-refractivity contribution is -0.149. The summed E-state index contributed by atoms with van der Waals surface area (Å²) >= 11 is 0. The van der Waals surface area contributed by atoms with Gasteiger partial charge >= 0.3 is 5.97 Å². The van der Waals surface area contributed by atoms with Crippen molar-refractivity contribution in [2.75, 3.05) is 13.1 Å². The molecule has 1 aromatic carbocycles. The van der Waals surface area contributed by atoms with E-state index in [4.69, 9.17) is 4.42 Å². The van der Waals surface area contributed by atoms with Gasteiger partial charge in [-0.2, -0.15) is 0 Å². The van der Waals surface area contributed by atoms with Crippen molar-refractivity contribution in [1.29, 1.82) is 0 Å². The number of carbonyl (C=O) groups is 2. The number of aliphatic carboxylic acids is 1. The van der Waals surface area contributed by atoms with Crippen LogP contribution in [0.15, 0.2) is 28.8 Å². The van der Waals surface area contributed by atoms with Crippen molar-refractivity contribution in [3.63, 3.8) is 0 Å². The van der Waals surface area contributed by atoms with E-state index in [2.05, 4.69) is 4.98 Å².